The van der Waals surface area contributed by atoms with E-state index in [0.29, 0.717) is 11.4 Å². The number of hydrogen-bond donors (Lipinski definition) is 2. The van der Waals surface area contributed by atoms with Crippen molar-refractivity contribution in [3.8, 4) is 5.75 Å². The van der Waals surface area contributed by atoms with E-state index in [9.17, 15) is 17.6 Å². The minimum absolute atomic E-state index is 0.359. The van der Waals surface area contributed by atoms with Gasteiger partial charge in [0.15, 0.2) is 0 Å². The van der Waals surface area contributed by atoms with E-state index in [0.717, 1.165) is 12.1 Å². The summed E-state index contributed by atoms with van der Waals surface area (Å²) in [5, 5.41) is 2.65. The molecule has 0 aliphatic heterocycles. The van der Waals surface area contributed by atoms with Crippen molar-refractivity contribution in [1.82, 2.24) is 4.72 Å². The van der Waals surface area contributed by atoms with Crippen molar-refractivity contribution >= 4 is 21.6 Å². The molecule has 6 nitrogen and oxygen atoms in total. The summed E-state index contributed by atoms with van der Waals surface area (Å²) in [5.74, 6) is -1.23. The topological polar surface area (TPSA) is 84.5 Å². The summed E-state index contributed by atoms with van der Waals surface area (Å²) in [7, 11) is -2.70. The van der Waals surface area contributed by atoms with Crippen LogP contribution in [0.3, 0.4) is 0 Å². The fourth-order valence-electron chi connectivity index (χ4n) is 2.31. The molecule has 0 bridgehead atoms. The molecule has 2 aromatic carbocycles. The van der Waals surface area contributed by atoms with Gasteiger partial charge in [0.05, 0.1) is 7.11 Å². The maximum Gasteiger partial charge on any atom is 0.244 e. The molecule has 0 saturated carbocycles. The van der Waals surface area contributed by atoms with Crippen molar-refractivity contribution in [2.24, 2.45) is 5.92 Å². The van der Waals surface area contributed by atoms with Crippen molar-refractivity contribution in [3.63, 3.8) is 0 Å². The van der Waals surface area contributed by atoms with Crippen molar-refractivity contribution in [1.29, 1.82) is 0 Å². The SMILES string of the molecule is COc1cccc(NC(=O)[C@@H](NS(=O)(=O)c2ccccc2F)C(C)C)c1. The second-order valence-corrected chi connectivity index (χ2v) is 7.68. The number of ether oxygens (including phenoxy) is 1. The van der Waals surface area contributed by atoms with Crippen LogP contribution in [0.15, 0.2) is 53.4 Å². The molecule has 26 heavy (non-hydrogen) atoms. The van der Waals surface area contributed by atoms with Gasteiger partial charge in [0.1, 0.15) is 22.5 Å². The van der Waals surface area contributed by atoms with Crippen LogP contribution in [0.1, 0.15) is 13.8 Å². The van der Waals surface area contributed by atoms with Gasteiger partial charge in [-0.1, -0.05) is 32.0 Å². The first kappa shape index (κ1) is 19.9. The lowest BCUT2D eigenvalue weighted by molar-refractivity contribution is -0.118. The fourth-order valence-corrected chi connectivity index (χ4v) is 3.73. The van der Waals surface area contributed by atoms with Crippen LogP contribution in [0.4, 0.5) is 10.1 Å². The first-order valence-electron chi connectivity index (χ1n) is 7.96. The summed E-state index contributed by atoms with van der Waals surface area (Å²) in [6.07, 6.45) is 0. The maximum atomic E-state index is 13.8. The molecule has 1 amide bonds. The van der Waals surface area contributed by atoms with Crippen LogP contribution < -0.4 is 14.8 Å². The lowest BCUT2D eigenvalue weighted by atomic mass is 10.0. The predicted octanol–water partition coefficient (Wildman–Crippen LogP) is 2.78. The molecular formula is C18H21FN2O4S. The second-order valence-electron chi connectivity index (χ2n) is 5.99. The third-order valence-electron chi connectivity index (χ3n) is 3.69. The fraction of sp³-hybridized carbons (Fsp3) is 0.278. The zero-order valence-corrected chi connectivity index (χ0v) is 15.5. The van der Waals surface area contributed by atoms with Gasteiger partial charge in [0.2, 0.25) is 15.9 Å². The average Bonchev–Trinajstić information content (AvgIpc) is 2.59. The zero-order valence-electron chi connectivity index (χ0n) is 14.7. The van der Waals surface area contributed by atoms with Crippen LogP contribution in [0.2, 0.25) is 0 Å². The molecule has 0 aliphatic rings. The Bertz CT molecular complexity index is 884. The summed E-state index contributed by atoms with van der Waals surface area (Å²) in [6.45, 7) is 3.39. The predicted molar refractivity (Wildman–Crippen MR) is 97.0 cm³/mol. The van der Waals surface area contributed by atoms with Crippen LogP contribution in [0, 0.1) is 11.7 Å². The third kappa shape index (κ3) is 4.80. The molecule has 0 unspecified atom stereocenters. The Labute approximate surface area is 152 Å². The lowest BCUT2D eigenvalue weighted by Crippen LogP contribution is -2.47. The van der Waals surface area contributed by atoms with E-state index in [1.165, 1.54) is 19.2 Å². The van der Waals surface area contributed by atoms with Gasteiger partial charge in [-0.2, -0.15) is 4.72 Å². The number of carbonyl (C=O) groups excluding carboxylic acids is 1. The molecule has 0 radical (unpaired) electrons. The first-order valence-corrected chi connectivity index (χ1v) is 9.44. The largest absolute Gasteiger partial charge is 0.497 e. The van der Waals surface area contributed by atoms with E-state index in [4.69, 9.17) is 4.74 Å². The standard InChI is InChI=1S/C18H21FN2O4S/c1-12(2)17(18(22)20-13-7-6-8-14(11-13)25-3)21-26(23,24)16-10-5-4-9-15(16)19/h4-12,17,21H,1-3H3,(H,20,22)/t17-/m0/s1. The van der Waals surface area contributed by atoms with E-state index in [1.54, 1.807) is 38.1 Å². The van der Waals surface area contributed by atoms with Gasteiger partial charge in [0.25, 0.3) is 0 Å². The van der Waals surface area contributed by atoms with Gasteiger partial charge in [-0.05, 0) is 30.2 Å². The van der Waals surface area contributed by atoms with Gasteiger partial charge >= 0.3 is 0 Å². The lowest BCUT2D eigenvalue weighted by Gasteiger charge is -2.22. The summed E-state index contributed by atoms with van der Waals surface area (Å²) in [4.78, 5) is 12.1. The molecule has 0 spiro atoms. The van der Waals surface area contributed by atoms with Gasteiger partial charge in [-0.25, -0.2) is 12.8 Å². The van der Waals surface area contributed by atoms with Gasteiger partial charge in [-0.15, -0.1) is 0 Å². The van der Waals surface area contributed by atoms with E-state index in [-0.39, 0.29) is 5.92 Å². The van der Waals surface area contributed by atoms with Crippen molar-refractivity contribution in [2.75, 3.05) is 12.4 Å². The highest BCUT2D eigenvalue weighted by Crippen LogP contribution is 2.19. The highest BCUT2D eigenvalue weighted by molar-refractivity contribution is 7.89. The molecule has 2 rings (SSSR count). The van der Waals surface area contributed by atoms with Gasteiger partial charge in [-0.3, -0.25) is 4.79 Å². The second kappa shape index (κ2) is 8.29. The summed E-state index contributed by atoms with van der Waals surface area (Å²) in [6, 6.07) is 10.6. The van der Waals surface area contributed by atoms with E-state index >= 15 is 0 Å². The zero-order chi connectivity index (χ0) is 19.3. The summed E-state index contributed by atoms with van der Waals surface area (Å²) < 4.78 is 46.2. The Morgan fingerprint density at radius 2 is 1.81 bits per heavy atom. The van der Waals surface area contributed by atoms with Crippen molar-refractivity contribution < 1.29 is 22.3 Å². The molecule has 2 N–H and O–H groups in total. The normalized spacial score (nSPS) is 12.7. The molecule has 0 saturated heterocycles. The molecule has 0 aromatic heterocycles. The number of hydrogen-bond acceptors (Lipinski definition) is 4. The number of nitrogens with one attached hydrogen (secondary N) is 2. The Balaban J connectivity index is 2.22. The number of amides is 1. The molecule has 2 aromatic rings. The number of halogens is 1. The quantitative estimate of drug-likeness (QED) is 0.774. The molecular weight excluding hydrogens is 359 g/mol. The van der Waals surface area contributed by atoms with Crippen LogP contribution in [-0.2, 0) is 14.8 Å². The van der Waals surface area contributed by atoms with Crippen molar-refractivity contribution in [3.05, 3.63) is 54.3 Å². The highest BCUT2D eigenvalue weighted by atomic mass is 32.2. The van der Waals surface area contributed by atoms with E-state index < -0.39 is 32.7 Å². The molecule has 0 aliphatic carbocycles. The molecule has 0 fully saturated rings. The number of anilines is 1. The monoisotopic (exact) mass is 380 g/mol. The Kier molecular flexibility index (Phi) is 6.33. The minimum atomic E-state index is -4.20. The van der Waals surface area contributed by atoms with Crippen LogP contribution in [0.5, 0.6) is 5.75 Å². The smallest absolute Gasteiger partial charge is 0.244 e. The maximum absolute atomic E-state index is 13.8. The Hall–Kier alpha value is -2.45. The van der Waals surface area contributed by atoms with E-state index in [2.05, 4.69) is 10.0 Å². The highest BCUT2D eigenvalue weighted by Gasteiger charge is 2.29. The third-order valence-corrected chi connectivity index (χ3v) is 5.17. The van der Waals surface area contributed by atoms with Crippen molar-refractivity contribution in [2.45, 2.75) is 24.8 Å². The van der Waals surface area contributed by atoms with Crippen LogP contribution in [-0.4, -0.2) is 27.5 Å². The van der Waals surface area contributed by atoms with Gasteiger partial charge < -0.3 is 10.1 Å². The van der Waals surface area contributed by atoms with Crippen LogP contribution in [0.25, 0.3) is 0 Å². The van der Waals surface area contributed by atoms with Gasteiger partial charge in [0, 0.05) is 11.8 Å². The number of rotatable bonds is 7. The number of methoxy groups -OCH3 is 1. The summed E-state index contributed by atoms with van der Waals surface area (Å²) >= 11 is 0. The number of sulfonamides is 1. The number of carbonyl (C=O) groups is 1. The minimum Gasteiger partial charge on any atom is -0.497 e. The Morgan fingerprint density at radius 3 is 2.42 bits per heavy atom. The Morgan fingerprint density at radius 1 is 1.12 bits per heavy atom. The molecule has 8 heteroatoms. The number of benzene rings is 2. The van der Waals surface area contributed by atoms with E-state index in [1.807, 2.05) is 0 Å². The molecule has 140 valence electrons. The average molecular weight is 380 g/mol. The summed E-state index contributed by atoms with van der Waals surface area (Å²) in [5.41, 5.74) is 0.463. The molecule has 1 atom stereocenters. The first-order chi connectivity index (χ1) is 12.2. The van der Waals surface area contributed by atoms with Crippen LogP contribution >= 0.6 is 0 Å². The molecule has 0 heterocycles.